The molecule has 148 valence electrons. The molecule has 12 heteroatoms. The van der Waals surface area contributed by atoms with Crippen molar-refractivity contribution in [1.82, 2.24) is 14.5 Å². The van der Waals surface area contributed by atoms with Crippen LogP contribution in [0.4, 0.5) is 0 Å². The van der Waals surface area contributed by atoms with Crippen molar-refractivity contribution in [2.24, 2.45) is 0 Å². The second-order valence-electron chi connectivity index (χ2n) is 5.55. The first-order chi connectivity index (χ1) is 12.7. The summed E-state index contributed by atoms with van der Waals surface area (Å²) in [4.78, 5) is 53.8. The van der Waals surface area contributed by atoms with E-state index in [1.165, 1.54) is 14.0 Å². The standard InChI is InChI=1S/C15H19N3O9/c1-7(19)24-5-10-11(25-8(2)20)12(26-9(3)21)13(27-10)18-6-16-14(23-4)17-15(18)22/h6,10-13H,5H2,1-4H3. The Labute approximate surface area is 153 Å². The Hall–Kier alpha value is -3.02. The van der Waals surface area contributed by atoms with Gasteiger partial charge in [-0.25, -0.2) is 4.79 Å². The van der Waals surface area contributed by atoms with Gasteiger partial charge in [-0.05, 0) is 0 Å². The van der Waals surface area contributed by atoms with E-state index in [-0.39, 0.29) is 12.6 Å². The molecule has 1 aromatic rings. The van der Waals surface area contributed by atoms with E-state index in [9.17, 15) is 19.2 Å². The molecule has 2 heterocycles. The minimum absolute atomic E-state index is 0.161. The largest absolute Gasteiger partial charge is 0.467 e. The molecular formula is C15H19N3O9. The summed E-state index contributed by atoms with van der Waals surface area (Å²) in [5.41, 5.74) is -0.793. The maximum atomic E-state index is 12.2. The zero-order valence-electron chi connectivity index (χ0n) is 15.1. The summed E-state index contributed by atoms with van der Waals surface area (Å²) in [5.74, 6) is -1.95. The lowest BCUT2D eigenvalue weighted by Crippen LogP contribution is -2.42. The Balaban J connectivity index is 2.40. The normalized spacial score (nSPS) is 24.1. The summed E-state index contributed by atoms with van der Waals surface area (Å²) in [6, 6.07) is -0.161. The van der Waals surface area contributed by atoms with Crippen molar-refractivity contribution in [3.8, 4) is 6.01 Å². The molecule has 4 unspecified atom stereocenters. The minimum atomic E-state index is -1.21. The number of methoxy groups -OCH3 is 1. The summed E-state index contributed by atoms with van der Waals surface area (Å²) >= 11 is 0. The van der Waals surface area contributed by atoms with Crippen molar-refractivity contribution in [1.29, 1.82) is 0 Å². The molecule has 1 aliphatic heterocycles. The molecule has 0 aromatic carbocycles. The third kappa shape index (κ3) is 5.00. The van der Waals surface area contributed by atoms with Crippen LogP contribution in [0.15, 0.2) is 11.1 Å². The first kappa shape index (κ1) is 20.3. The fourth-order valence-electron chi connectivity index (χ4n) is 2.52. The molecule has 0 radical (unpaired) electrons. The van der Waals surface area contributed by atoms with E-state index in [0.29, 0.717) is 0 Å². The first-order valence-electron chi connectivity index (χ1n) is 7.85. The molecule has 1 aromatic heterocycles. The molecule has 2 rings (SSSR count). The highest BCUT2D eigenvalue weighted by atomic mass is 16.7. The Morgan fingerprint density at radius 2 is 1.74 bits per heavy atom. The van der Waals surface area contributed by atoms with Gasteiger partial charge >= 0.3 is 29.6 Å². The Bertz CT molecular complexity index is 778. The van der Waals surface area contributed by atoms with Crippen LogP contribution in [0.3, 0.4) is 0 Å². The highest BCUT2D eigenvalue weighted by Gasteiger charge is 2.51. The number of rotatable bonds is 6. The molecule has 4 atom stereocenters. The van der Waals surface area contributed by atoms with Crippen molar-refractivity contribution < 1.29 is 38.1 Å². The molecule has 1 aliphatic rings. The molecule has 27 heavy (non-hydrogen) atoms. The van der Waals surface area contributed by atoms with Crippen molar-refractivity contribution in [2.45, 2.75) is 45.3 Å². The van der Waals surface area contributed by atoms with Crippen molar-refractivity contribution in [2.75, 3.05) is 13.7 Å². The summed E-state index contributed by atoms with van der Waals surface area (Å²) in [6.07, 6.45) is -3.42. The van der Waals surface area contributed by atoms with E-state index in [2.05, 4.69) is 9.97 Å². The van der Waals surface area contributed by atoms with E-state index in [1.807, 2.05) is 0 Å². The van der Waals surface area contributed by atoms with Crippen LogP contribution >= 0.6 is 0 Å². The predicted molar refractivity (Wildman–Crippen MR) is 84.5 cm³/mol. The second kappa shape index (κ2) is 8.58. The van der Waals surface area contributed by atoms with Gasteiger partial charge in [0.15, 0.2) is 18.4 Å². The molecule has 0 aliphatic carbocycles. The van der Waals surface area contributed by atoms with Gasteiger partial charge in [-0.15, -0.1) is 4.98 Å². The maximum absolute atomic E-state index is 12.2. The van der Waals surface area contributed by atoms with Gasteiger partial charge in [0.1, 0.15) is 19.0 Å². The number of hydrogen-bond donors (Lipinski definition) is 0. The van der Waals surface area contributed by atoms with Crippen molar-refractivity contribution >= 4 is 17.9 Å². The summed E-state index contributed by atoms with van der Waals surface area (Å²) in [5, 5.41) is 0. The average molecular weight is 385 g/mol. The summed E-state index contributed by atoms with van der Waals surface area (Å²) in [6.45, 7) is 3.21. The van der Waals surface area contributed by atoms with Gasteiger partial charge in [0.25, 0.3) is 0 Å². The van der Waals surface area contributed by atoms with Gasteiger partial charge in [-0.1, -0.05) is 0 Å². The lowest BCUT2D eigenvalue weighted by molar-refractivity contribution is -0.166. The molecular weight excluding hydrogens is 366 g/mol. The van der Waals surface area contributed by atoms with Crippen molar-refractivity contribution in [3.63, 3.8) is 0 Å². The first-order valence-corrected chi connectivity index (χ1v) is 7.85. The number of carbonyl (C=O) groups excluding carboxylic acids is 3. The number of carbonyl (C=O) groups is 3. The molecule has 0 N–H and O–H groups in total. The monoisotopic (exact) mass is 385 g/mol. The molecule has 12 nitrogen and oxygen atoms in total. The van der Waals surface area contributed by atoms with Crippen LogP contribution in [0.1, 0.15) is 27.0 Å². The van der Waals surface area contributed by atoms with Crippen LogP contribution in [0.2, 0.25) is 0 Å². The SMILES string of the molecule is COc1ncn(C2OC(COC(C)=O)C(OC(C)=O)C2OC(C)=O)c(=O)n1. The van der Waals surface area contributed by atoms with Crippen LogP contribution in [0, 0.1) is 0 Å². The number of ether oxygens (including phenoxy) is 5. The van der Waals surface area contributed by atoms with Gasteiger partial charge in [0.05, 0.1) is 7.11 Å². The Morgan fingerprint density at radius 1 is 1.11 bits per heavy atom. The molecule has 0 spiro atoms. The van der Waals surface area contributed by atoms with Gasteiger partial charge in [0.2, 0.25) is 0 Å². The van der Waals surface area contributed by atoms with E-state index in [0.717, 1.165) is 24.7 Å². The Morgan fingerprint density at radius 3 is 2.26 bits per heavy atom. The number of hydrogen-bond acceptors (Lipinski definition) is 11. The van der Waals surface area contributed by atoms with E-state index in [1.54, 1.807) is 0 Å². The third-order valence-corrected chi connectivity index (χ3v) is 3.50. The van der Waals surface area contributed by atoms with E-state index in [4.69, 9.17) is 23.7 Å². The molecule has 0 amide bonds. The molecule has 0 saturated carbocycles. The van der Waals surface area contributed by atoms with Gasteiger partial charge < -0.3 is 23.7 Å². The van der Waals surface area contributed by atoms with E-state index >= 15 is 0 Å². The lowest BCUT2D eigenvalue weighted by Gasteiger charge is -2.23. The van der Waals surface area contributed by atoms with Gasteiger partial charge in [-0.2, -0.15) is 4.98 Å². The van der Waals surface area contributed by atoms with Crippen LogP contribution in [-0.4, -0.2) is 64.5 Å². The number of esters is 3. The van der Waals surface area contributed by atoms with Crippen LogP contribution in [0.25, 0.3) is 0 Å². The molecule has 0 bridgehead atoms. The van der Waals surface area contributed by atoms with Gasteiger partial charge in [0, 0.05) is 20.8 Å². The minimum Gasteiger partial charge on any atom is -0.467 e. The highest BCUT2D eigenvalue weighted by molar-refractivity contribution is 5.67. The fourth-order valence-corrected chi connectivity index (χ4v) is 2.52. The molecule has 1 saturated heterocycles. The highest BCUT2D eigenvalue weighted by Crippen LogP contribution is 2.33. The van der Waals surface area contributed by atoms with E-state index < -0.39 is 48.1 Å². The topological polar surface area (TPSA) is 145 Å². The second-order valence-corrected chi connectivity index (χ2v) is 5.55. The quantitative estimate of drug-likeness (QED) is 0.437. The zero-order chi connectivity index (χ0) is 20.1. The Kier molecular flexibility index (Phi) is 6.45. The van der Waals surface area contributed by atoms with Crippen LogP contribution < -0.4 is 10.4 Å². The van der Waals surface area contributed by atoms with Gasteiger partial charge in [-0.3, -0.25) is 19.0 Å². The smallest absolute Gasteiger partial charge is 0.355 e. The summed E-state index contributed by atoms with van der Waals surface area (Å²) < 4.78 is 26.7. The average Bonchev–Trinajstić information content (AvgIpc) is 2.89. The number of nitrogens with zero attached hydrogens (tertiary/aromatic N) is 3. The predicted octanol–water partition coefficient (Wildman–Crippen LogP) is -1.03. The van der Waals surface area contributed by atoms with Crippen LogP contribution in [-0.2, 0) is 33.3 Å². The molecule has 1 fully saturated rings. The maximum Gasteiger partial charge on any atom is 0.355 e. The number of aromatic nitrogens is 3. The zero-order valence-corrected chi connectivity index (χ0v) is 15.1. The fraction of sp³-hybridized carbons (Fsp3) is 0.600. The third-order valence-electron chi connectivity index (χ3n) is 3.50. The van der Waals surface area contributed by atoms with Crippen molar-refractivity contribution in [3.05, 3.63) is 16.8 Å². The summed E-state index contributed by atoms with van der Waals surface area (Å²) in [7, 11) is 1.29. The lowest BCUT2D eigenvalue weighted by atomic mass is 10.1. The van der Waals surface area contributed by atoms with Crippen LogP contribution in [0.5, 0.6) is 6.01 Å².